The molecular formula is C17H31N. The Balaban J connectivity index is 1.65. The van der Waals surface area contributed by atoms with Gasteiger partial charge in [0.2, 0.25) is 0 Å². The van der Waals surface area contributed by atoms with Crippen molar-refractivity contribution in [2.75, 3.05) is 6.54 Å². The Kier molecular flexibility index (Phi) is 3.05. The van der Waals surface area contributed by atoms with Crippen molar-refractivity contribution < 1.29 is 0 Å². The number of hydrogen-bond acceptors (Lipinski definition) is 1. The SMILES string of the molecule is CC1CCCC1CNC1C2(C)CCC(C2)C1(C)C. The van der Waals surface area contributed by atoms with Crippen LogP contribution in [0.3, 0.4) is 0 Å². The number of hydrogen-bond donors (Lipinski definition) is 1. The van der Waals surface area contributed by atoms with Crippen LogP contribution in [0.4, 0.5) is 0 Å². The lowest BCUT2D eigenvalue weighted by molar-refractivity contribution is 0.103. The highest BCUT2D eigenvalue weighted by molar-refractivity contribution is 5.12. The second-order valence-electron chi connectivity index (χ2n) is 8.42. The molecule has 0 heterocycles. The van der Waals surface area contributed by atoms with E-state index in [1.165, 1.54) is 45.1 Å². The topological polar surface area (TPSA) is 12.0 Å². The lowest BCUT2D eigenvalue weighted by Gasteiger charge is -2.44. The highest BCUT2D eigenvalue weighted by Gasteiger charge is 2.59. The summed E-state index contributed by atoms with van der Waals surface area (Å²) in [5.74, 6) is 2.87. The smallest absolute Gasteiger partial charge is 0.0175 e. The van der Waals surface area contributed by atoms with Gasteiger partial charge in [-0.25, -0.2) is 0 Å². The van der Waals surface area contributed by atoms with Crippen molar-refractivity contribution in [1.29, 1.82) is 0 Å². The zero-order chi connectivity index (χ0) is 13.0. The van der Waals surface area contributed by atoms with Gasteiger partial charge in [-0.2, -0.15) is 0 Å². The van der Waals surface area contributed by atoms with E-state index in [1.807, 2.05) is 0 Å². The van der Waals surface area contributed by atoms with E-state index < -0.39 is 0 Å². The predicted molar refractivity (Wildman–Crippen MR) is 77.5 cm³/mol. The minimum Gasteiger partial charge on any atom is -0.313 e. The first kappa shape index (κ1) is 13.0. The summed E-state index contributed by atoms with van der Waals surface area (Å²) in [6.07, 6.45) is 8.78. The van der Waals surface area contributed by atoms with E-state index in [2.05, 4.69) is 33.0 Å². The molecule has 0 amide bonds. The van der Waals surface area contributed by atoms with Crippen LogP contribution in [0.2, 0.25) is 0 Å². The number of rotatable bonds is 3. The maximum Gasteiger partial charge on any atom is 0.0175 e. The van der Waals surface area contributed by atoms with Gasteiger partial charge >= 0.3 is 0 Å². The van der Waals surface area contributed by atoms with Crippen molar-refractivity contribution in [3.8, 4) is 0 Å². The van der Waals surface area contributed by atoms with Gasteiger partial charge in [-0.3, -0.25) is 0 Å². The minimum atomic E-state index is 0.523. The summed E-state index contributed by atoms with van der Waals surface area (Å²) in [5, 5.41) is 4.02. The van der Waals surface area contributed by atoms with Crippen molar-refractivity contribution in [3.05, 3.63) is 0 Å². The van der Waals surface area contributed by atoms with E-state index in [0.717, 1.165) is 23.8 Å². The summed E-state index contributed by atoms with van der Waals surface area (Å²) < 4.78 is 0. The maximum atomic E-state index is 4.02. The Morgan fingerprint density at radius 1 is 1.11 bits per heavy atom. The molecule has 1 N–H and O–H groups in total. The quantitative estimate of drug-likeness (QED) is 0.789. The van der Waals surface area contributed by atoms with Crippen LogP contribution in [0.1, 0.15) is 66.2 Å². The van der Waals surface area contributed by atoms with Crippen molar-refractivity contribution in [1.82, 2.24) is 5.32 Å². The number of fused-ring (bicyclic) bond motifs is 2. The van der Waals surface area contributed by atoms with Gasteiger partial charge in [0, 0.05) is 6.04 Å². The molecule has 5 atom stereocenters. The standard InChI is InChI=1S/C17H31N/c1-12-6-5-7-13(12)11-18-15-16(2,3)14-8-9-17(15,4)10-14/h12-15,18H,5-11H2,1-4H3. The molecule has 0 radical (unpaired) electrons. The van der Waals surface area contributed by atoms with Gasteiger partial charge < -0.3 is 5.32 Å². The lowest BCUT2D eigenvalue weighted by Crippen LogP contribution is -2.51. The van der Waals surface area contributed by atoms with Gasteiger partial charge in [-0.05, 0) is 60.8 Å². The van der Waals surface area contributed by atoms with E-state index >= 15 is 0 Å². The normalized spacial score (nSPS) is 50.0. The van der Waals surface area contributed by atoms with Gasteiger partial charge in [0.05, 0.1) is 0 Å². The zero-order valence-corrected chi connectivity index (χ0v) is 12.8. The van der Waals surface area contributed by atoms with Crippen LogP contribution in [0.25, 0.3) is 0 Å². The van der Waals surface area contributed by atoms with Crippen LogP contribution in [0.15, 0.2) is 0 Å². The van der Waals surface area contributed by atoms with Crippen LogP contribution in [-0.2, 0) is 0 Å². The zero-order valence-electron chi connectivity index (χ0n) is 12.8. The molecule has 3 fully saturated rings. The Bertz CT molecular complexity index is 317. The molecule has 1 nitrogen and oxygen atoms in total. The van der Waals surface area contributed by atoms with Gasteiger partial charge in [-0.15, -0.1) is 0 Å². The predicted octanol–water partition coefficient (Wildman–Crippen LogP) is 4.23. The van der Waals surface area contributed by atoms with Gasteiger partial charge in [-0.1, -0.05) is 40.5 Å². The molecule has 0 aromatic rings. The van der Waals surface area contributed by atoms with Crippen LogP contribution >= 0.6 is 0 Å². The Morgan fingerprint density at radius 3 is 2.44 bits per heavy atom. The fourth-order valence-corrected chi connectivity index (χ4v) is 5.61. The summed E-state index contributed by atoms with van der Waals surface area (Å²) in [6.45, 7) is 11.3. The molecule has 3 aliphatic carbocycles. The fourth-order valence-electron chi connectivity index (χ4n) is 5.61. The van der Waals surface area contributed by atoms with Crippen LogP contribution in [-0.4, -0.2) is 12.6 Å². The van der Waals surface area contributed by atoms with Gasteiger partial charge in [0.15, 0.2) is 0 Å². The first-order valence-electron chi connectivity index (χ1n) is 8.17. The third kappa shape index (κ3) is 1.85. The third-order valence-corrected chi connectivity index (χ3v) is 6.89. The highest BCUT2D eigenvalue weighted by Crippen LogP contribution is 2.62. The molecule has 0 saturated heterocycles. The van der Waals surface area contributed by atoms with Crippen molar-refractivity contribution >= 4 is 0 Å². The summed E-state index contributed by atoms with van der Waals surface area (Å²) >= 11 is 0. The minimum absolute atomic E-state index is 0.523. The summed E-state index contributed by atoms with van der Waals surface area (Å²) in [5.41, 5.74) is 1.12. The summed E-state index contributed by atoms with van der Waals surface area (Å²) in [4.78, 5) is 0. The average molecular weight is 249 g/mol. The molecule has 104 valence electrons. The van der Waals surface area contributed by atoms with Crippen LogP contribution < -0.4 is 5.32 Å². The number of nitrogens with one attached hydrogen (secondary N) is 1. The van der Waals surface area contributed by atoms with E-state index in [9.17, 15) is 0 Å². The molecule has 0 spiro atoms. The van der Waals surface area contributed by atoms with Crippen molar-refractivity contribution in [2.24, 2.45) is 28.6 Å². The molecule has 1 heteroatoms. The highest BCUT2D eigenvalue weighted by atomic mass is 15.0. The van der Waals surface area contributed by atoms with Gasteiger partial charge in [0.1, 0.15) is 0 Å². The Morgan fingerprint density at radius 2 is 1.89 bits per heavy atom. The molecule has 18 heavy (non-hydrogen) atoms. The second kappa shape index (κ2) is 4.23. The third-order valence-electron chi connectivity index (χ3n) is 6.89. The van der Waals surface area contributed by atoms with Crippen LogP contribution in [0.5, 0.6) is 0 Å². The van der Waals surface area contributed by atoms with E-state index in [0.29, 0.717) is 10.8 Å². The Labute approximate surface area is 113 Å². The molecule has 3 rings (SSSR count). The summed E-state index contributed by atoms with van der Waals surface area (Å²) in [7, 11) is 0. The molecule has 0 aliphatic heterocycles. The first-order valence-corrected chi connectivity index (χ1v) is 8.17. The summed E-state index contributed by atoms with van der Waals surface area (Å²) in [6, 6.07) is 0.761. The first-order chi connectivity index (χ1) is 8.43. The average Bonchev–Trinajstić information content (AvgIpc) is 2.90. The fraction of sp³-hybridized carbons (Fsp3) is 1.00. The lowest BCUT2D eigenvalue weighted by atomic mass is 9.68. The van der Waals surface area contributed by atoms with Gasteiger partial charge in [0.25, 0.3) is 0 Å². The van der Waals surface area contributed by atoms with Crippen molar-refractivity contribution in [3.63, 3.8) is 0 Å². The monoisotopic (exact) mass is 249 g/mol. The molecule has 5 unspecified atom stereocenters. The molecular weight excluding hydrogens is 218 g/mol. The van der Waals surface area contributed by atoms with E-state index in [-0.39, 0.29) is 0 Å². The largest absolute Gasteiger partial charge is 0.313 e. The van der Waals surface area contributed by atoms with E-state index in [4.69, 9.17) is 0 Å². The Hall–Kier alpha value is -0.0400. The molecule has 2 bridgehead atoms. The van der Waals surface area contributed by atoms with Crippen molar-refractivity contribution in [2.45, 2.75) is 72.3 Å². The van der Waals surface area contributed by atoms with Crippen LogP contribution in [0, 0.1) is 28.6 Å². The molecule has 3 aliphatic rings. The molecule has 3 saturated carbocycles. The van der Waals surface area contributed by atoms with E-state index in [1.54, 1.807) is 0 Å². The second-order valence-corrected chi connectivity index (χ2v) is 8.42. The maximum absolute atomic E-state index is 4.02. The molecule has 0 aromatic heterocycles. The molecule has 0 aromatic carbocycles.